The molecule has 0 aliphatic rings. The van der Waals surface area contributed by atoms with E-state index in [0.717, 1.165) is 28.3 Å². The first-order valence-corrected chi connectivity index (χ1v) is 8.68. The van der Waals surface area contributed by atoms with Crippen molar-refractivity contribution in [2.75, 3.05) is 14.1 Å². The summed E-state index contributed by atoms with van der Waals surface area (Å²) in [6.45, 7) is 4.09. The van der Waals surface area contributed by atoms with Crippen LogP contribution < -0.4 is 4.74 Å². The molecular formula is C23H24N2O. The predicted octanol–water partition coefficient (Wildman–Crippen LogP) is 5.98. The van der Waals surface area contributed by atoms with E-state index in [1.165, 1.54) is 11.1 Å². The summed E-state index contributed by atoms with van der Waals surface area (Å²) in [4.78, 5) is 6.43. The summed E-state index contributed by atoms with van der Waals surface area (Å²) >= 11 is 0. The fourth-order valence-electron chi connectivity index (χ4n) is 2.67. The van der Waals surface area contributed by atoms with Crippen molar-refractivity contribution in [3.8, 4) is 22.6 Å². The molecule has 0 saturated heterocycles. The highest BCUT2D eigenvalue weighted by Crippen LogP contribution is 2.32. The summed E-state index contributed by atoms with van der Waals surface area (Å²) in [7, 11) is 3.92. The molecule has 0 aliphatic heterocycles. The number of hydrogen-bond acceptors (Lipinski definition) is 2. The monoisotopic (exact) mass is 344 g/mol. The molecule has 0 amide bonds. The topological polar surface area (TPSA) is 24.8 Å². The van der Waals surface area contributed by atoms with Crippen molar-refractivity contribution in [3.05, 3.63) is 77.9 Å². The highest BCUT2D eigenvalue weighted by Gasteiger charge is 2.07. The molecule has 3 aromatic rings. The van der Waals surface area contributed by atoms with Gasteiger partial charge in [0, 0.05) is 14.1 Å². The van der Waals surface area contributed by atoms with Gasteiger partial charge in [-0.2, -0.15) is 0 Å². The van der Waals surface area contributed by atoms with E-state index in [9.17, 15) is 0 Å². The minimum absolute atomic E-state index is 0.830. The summed E-state index contributed by atoms with van der Waals surface area (Å²) < 4.78 is 6.10. The van der Waals surface area contributed by atoms with E-state index in [1.54, 1.807) is 0 Å². The van der Waals surface area contributed by atoms with Gasteiger partial charge in [-0.05, 0) is 60.4 Å². The Morgan fingerprint density at radius 1 is 0.808 bits per heavy atom. The molecule has 0 radical (unpaired) electrons. The molecule has 132 valence electrons. The van der Waals surface area contributed by atoms with E-state index in [4.69, 9.17) is 4.74 Å². The predicted molar refractivity (Wildman–Crippen MR) is 110 cm³/mol. The second-order valence-corrected chi connectivity index (χ2v) is 6.60. The third kappa shape index (κ3) is 4.31. The number of aryl methyl sites for hydroxylation is 2. The van der Waals surface area contributed by atoms with Crippen molar-refractivity contribution in [2.45, 2.75) is 13.8 Å². The Balaban J connectivity index is 1.79. The average molecular weight is 344 g/mol. The standard InChI is InChI=1S/C23H24N2O/c1-17-15-23(18(2)14-22(17)24-16-25(3)4)26-21-12-10-20(11-13-21)19-8-6-5-7-9-19/h5-16H,1-4H3. The molecule has 0 atom stereocenters. The van der Waals surface area contributed by atoms with E-state index in [-0.39, 0.29) is 0 Å². The van der Waals surface area contributed by atoms with Crippen LogP contribution in [0.2, 0.25) is 0 Å². The van der Waals surface area contributed by atoms with Gasteiger partial charge in [0.25, 0.3) is 0 Å². The van der Waals surface area contributed by atoms with Crippen LogP contribution in [0.3, 0.4) is 0 Å². The number of benzene rings is 3. The van der Waals surface area contributed by atoms with Crippen LogP contribution in [0.5, 0.6) is 11.5 Å². The Morgan fingerprint density at radius 2 is 1.46 bits per heavy atom. The Labute approximate surface area is 155 Å². The van der Waals surface area contributed by atoms with Crippen LogP contribution in [-0.4, -0.2) is 25.3 Å². The highest BCUT2D eigenvalue weighted by atomic mass is 16.5. The molecule has 0 fully saturated rings. The fraction of sp³-hybridized carbons (Fsp3) is 0.174. The summed E-state index contributed by atoms with van der Waals surface area (Å²) in [6, 6.07) is 22.6. The maximum Gasteiger partial charge on any atom is 0.130 e. The van der Waals surface area contributed by atoms with Gasteiger partial charge < -0.3 is 9.64 Å². The molecule has 0 unspecified atom stereocenters. The van der Waals surface area contributed by atoms with Crippen molar-refractivity contribution in [1.82, 2.24) is 4.90 Å². The molecule has 3 rings (SSSR count). The Hall–Kier alpha value is -3.07. The van der Waals surface area contributed by atoms with Gasteiger partial charge in [0.15, 0.2) is 0 Å². The third-order valence-corrected chi connectivity index (χ3v) is 4.11. The highest BCUT2D eigenvalue weighted by molar-refractivity contribution is 5.65. The van der Waals surface area contributed by atoms with Gasteiger partial charge in [-0.3, -0.25) is 0 Å². The van der Waals surface area contributed by atoms with Crippen molar-refractivity contribution in [2.24, 2.45) is 4.99 Å². The summed E-state index contributed by atoms with van der Waals surface area (Å²) in [6.07, 6.45) is 1.81. The minimum atomic E-state index is 0.830. The molecule has 3 heteroatoms. The van der Waals surface area contributed by atoms with Crippen LogP contribution in [0.4, 0.5) is 5.69 Å². The number of ether oxygens (including phenoxy) is 1. The van der Waals surface area contributed by atoms with Gasteiger partial charge in [0.1, 0.15) is 11.5 Å². The summed E-state index contributed by atoms with van der Waals surface area (Å²) in [5.41, 5.74) is 5.50. The first-order chi connectivity index (χ1) is 12.5. The first kappa shape index (κ1) is 17.7. The second-order valence-electron chi connectivity index (χ2n) is 6.60. The van der Waals surface area contributed by atoms with Gasteiger partial charge in [-0.1, -0.05) is 42.5 Å². The molecule has 0 spiro atoms. The van der Waals surface area contributed by atoms with Crippen molar-refractivity contribution in [1.29, 1.82) is 0 Å². The van der Waals surface area contributed by atoms with Crippen LogP contribution in [0.15, 0.2) is 71.7 Å². The number of rotatable bonds is 5. The quantitative estimate of drug-likeness (QED) is 0.420. The maximum absolute atomic E-state index is 6.10. The molecule has 3 aromatic carbocycles. The number of nitrogens with zero attached hydrogens (tertiary/aromatic N) is 2. The van der Waals surface area contributed by atoms with Crippen molar-refractivity contribution in [3.63, 3.8) is 0 Å². The summed E-state index contributed by atoms with van der Waals surface area (Å²) in [5, 5.41) is 0. The van der Waals surface area contributed by atoms with E-state index < -0.39 is 0 Å². The van der Waals surface area contributed by atoms with Crippen LogP contribution in [0, 0.1) is 13.8 Å². The molecule has 0 heterocycles. The lowest BCUT2D eigenvalue weighted by molar-refractivity contribution is 0.478. The van der Waals surface area contributed by atoms with Gasteiger partial charge >= 0.3 is 0 Å². The Morgan fingerprint density at radius 3 is 2.12 bits per heavy atom. The zero-order chi connectivity index (χ0) is 18.5. The molecule has 0 N–H and O–H groups in total. The van der Waals surface area contributed by atoms with Crippen molar-refractivity contribution >= 4 is 12.0 Å². The van der Waals surface area contributed by atoms with E-state index in [1.807, 2.05) is 75.6 Å². The summed E-state index contributed by atoms with van der Waals surface area (Å²) in [5.74, 6) is 1.69. The lowest BCUT2D eigenvalue weighted by Crippen LogP contribution is -2.07. The molecule has 0 aromatic heterocycles. The normalized spacial score (nSPS) is 10.9. The Bertz CT molecular complexity index is 897. The number of hydrogen-bond donors (Lipinski definition) is 0. The lowest BCUT2D eigenvalue weighted by Gasteiger charge is -2.12. The van der Waals surface area contributed by atoms with E-state index in [2.05, 4.69) is 35.3 Å². The van der Waals surface area contributed by atoms with E-state index >= 15 is 0 Å². The van der Waals surface area contributed by atoms with Crippen LogP contribution in [0.25, 0.3) is 11.1 Å². The van der Waals surface area contributed by atoms with Crippen molar-refractivity contribution < 1.29 is 4.74 Å². The second kappa shape index (κ2) is 7.87. The van der Waals surface area contributed by atoms with Gasteiger partial charge in [-0.15, -0.1) is 0 Å². The maximum atomic E-state index is 6.10. The zero-order valence-corrected chi connectivity index (χ0v) is 15.7. The lowest BCUT2D eigenvalue weighted by atomic mass is 10.1. The van der Waals surface area contributed by atoms with Gasteiger partial charge in [-0.25, -0.2) is 4.99 Å². The number of aliphatic imine (C=N–C) groups is 1. The van der Waals surface area contributed by atoms with E-state index in [0.29, 0.717) is 0 Å². The molecule has 3 nitrogen and oxygen atoms in total. The third-order valence-electron chi connectivity index (χ3n) is 4.11. The first-order valence-electron chi connectivity index (χ1n) is 8.68. The molecule has 0 saturated carbocycles. The largest absolute Gasteiger partial charge is 0.457 e. The van der Waals surface area contributed by atoms with Crippen LogP contribution in [0.1, 0.15) is 11.1 Å². The van der Waals surface area contributed by atoms with Gasteiger partial charge in [0.05, 0.1) is 12.0 Å². The Kier molecular flexibility index (Phi) is 5.37. The fourth-order valence-corrected chi connectivity index (χ4v) is 2.67. The van der Waals surface area contributed by atoms with Gasteiger partial charge in [0.2, 0.25) is 0 Å². The van der Waals surface area contributed by atoms with Crippen LogP contribution in [-0.2, 0) is 0 Å². The molecule has 26 heavy (non-hydrogen) atoms. The molecule has 0 bridgehead atoms. The van der Waals surface area contributed by atoms with Crippen LogP contribution >= 0.6 is 0 Å². The zero-order valence-electron chi connectivity index (χ0n) is 15.7. The molecular weight excluding hydrogens is 320 g/mol. The smallest absolute Gasteiger partial charge is 0.130 e. The SMILES string of the molecule is Cc1cc(Oc2ccc(-c3ccccc3)cc2)c(C)cc1N=CN(C)C. The average Bonchev–Trinajstić information content (AvgIpc) is 2.64. The minimum Gasteiger partial charge on any atom is -0.457 e. The molecule has 0 aliphatic carbocycles.